The van der Waals surface area contributed by atoms with E-state index in [1.54, 1.807) is 0 Å². The van der Waals surface area contributed by atoms with Crippen molar-refractivity contribution in [2.45, 2.75) is 89.8 Å². The summed E-state index contributed by atoms with van der Waals surface area (Å²) < 4.78 is 6.13. The fourth-order valence-electron chi connectivity index (χ4n) is 3.72. The maximum Gasteiger partial charge on any atom is 0.0965 e. The van der Waals surface area contributed by atoms with E-state index in [0.717, 1.165) is 32.3 Å². The molecule has 0 radical (unpaired) electrons. The van der Waals surface area contributed by atoms with Gasteiger partial charge in [-0.05, 0) is 59.8 Å². The van der Waals surface area contributed by atoms with Gasteiger partial charge in [0.25, 0.3) is 0 Å². The summed E-state index contributed by atoms with van der Waals surface area (Å²) in [6, 6.07) is 0. The van der Waals surface area contributed by atoms with Crippen LogP contribution in [-0.4, -0.2) is 40.5 Å². The van der Waals surface area contributed by atoms with E-state index >= 15 is 0 Å². The Hall–Kier alpha value is -0.380. The van der Waals surface area contributed by atoms with Crippen LogP contribution in [-0.2, 0) is 4.74 Å². The number of nitrogens with zero attached hydrogens (tertiary/aromatic N) is 1. The second-order valence-corrected chi connectivity index (χ2v) is 7.59. The van der Waals surface area contributed by atoms with Crippen LogP contribution in [0.1, 0.15) is 72.6 Å². The number of aliphatic hydroxyl groups is 1. The summed E-state index contributed by atoms with van der Waals surface area (Å²) in [6.07, 6.45) is 10.3. The normalized spacial score (nSPS) is 22.3. The van der Waals surface area contributed by atoms with Crippen LogP contribution in [0.2, 0.25) is 0 Å². The molecule has 0 aromatic carbocycles. The fourth-order valence-corrected chi connectivity index (χ4v) is 3.72. The number of ether oxygens (including phenoxy) is 1. The van der Waals surface area contributed by atoms with Gasteiger partial charge in [-0.1, -0.05) is 18.9 Å². The molecule has 0 amide bonds. The predicted octanol–water partition coefficient (Wildman–Crippen LogP) is 4.11. The summed E-state index contributed by atoms with van der Waals surface area (Å²) in [6.45, 7) is 13.6. The van der Waals surface area contributed by atoms with Gasteiger partial charge in [0, 0.05) is 17.7 Å². The third-order valence-corrected chi connectivity index (χ3v) is 4.71. The highest BCUT2D eigenvalue weighted by molar-refractivity contribution is 4.99. The van der Waals surface area contributed by atoms with E-state index in [2.05, 4.69) is 39.2 Å². The van der Waals surface area contributed by atoms with Crippen LogP contribution >= 0.6 is 0 Å². The topological polar surface area (TPSA) is 32.7 Å². The molecule has 0 unspecified atom stereocenters. The second-order valence-electron chi connectivity index (χ2n) is 7.59. The highest BCUT2D eigenvalue weighted by Crippen LogP contribution is 2.38. The van der Waals surface area contributed by atoms with Gasteiger partial charge in [-0.15, -0.1) is 6.58 Å². The predicted molar refractivity (Wildman–Crippen MR) is 89.3 cm³/mol. The van der Waals surface area contributed by atoms with Crippen molar-refractivity contribution in [1.29, 1.82) is 0 Å². The van der Waals surface area contributed by atoms with Gasteiger partial charge in [-0.2, -0.15) is 0 Å². The van der Waals surface area contributed by atoms with Gasteiger partial charge in [0.15, 0.2) is 0 Å². The number of likely N-dealkylation sites (tertiary alicyclic amines) is 1. The van der Waals surface area contributed by atoms with Crippen molar-refractivity contribution < 1.29 is 9.84 Å². The van der Waals surface area contributed by atoms with Crippen LogP contribution in [0, 0.1) is 0 Å². The molecule has 1 aliphatic heterocycles. The van der Waals surface area contributed by atoms with Gasteiger partial charge in [0.1, 0.15) is 0 Å². The van der Waals surface area contributed by atoms with E-state index in [4.69, 9.17) is 4.74 Å². The number of rotatable bonds is 9. The van der Waals surface area contributed by atoms with Crippen LogP contribution in [0.3, 0.4) is 0 Å². The van der Waals surface area contributed by atoms with Gasteiger partial charge in [-0.25, -0.2) is 0 Å². The minimum Gasteiger partial charge on any atom is -0.381 e. The number of unbranched alkanes of at least 4 members (excludes halogenated alkanes) is 4. The van der Waals surface area contributed by atoms with E-state index in [1.165, 1.54) is 19.3 Å². The average molecular weight is 297 g/mol. The van der Waals surface area contributed by atoms with Crippen molar-refractivity contribution in [2.24, 2.45) is 0 Å². The zero-order chi connectivity index (χ0) is 15.9. The molecule has 0 atom stereocenters. The van der Waals surface area contributed by atoms with Crippen molar-refractivity contribution in [3.05, 3.63) is 12.7 Å². The molecule has 0 saturated carbocycles. The molecule has 0 spiro atoms. The van der Waals surface area contributed by atoms with Gasteiger partial charge in [0.05, 0.1) is 12.8 Å². The molecule has 3 nitrogen and oxygen atoms in total. The van der Waals surface area contributed by atoms with E-state index in [9.17, 15) is 5.11 Å². The van der Waals surface area contributed by atoms with Crippen molar-refractivity contribution >= 4 is 0 Å². The molecule has 0 aromatic heterocycles. The van der Waals surface area contributed by atoms with Crippen LogP contribution < -0.4 is 0 Å². The first-order valence-corrected chi connectivity index (χ1v) is 8.44. The Balaban J connectivity index is 2.32. The van der Waals surface area contributed by atoms with E-state index in [1.807, 2.05) is 6.08 Å². The third kappa shape index (κ3) is 5.72. The molecule has 0 aliphatic carbocycles. The minimum absolute atomic E-state index is 0.00880. The zero-order valence-electron chi connectivity index (χ0n) is 14.5. The summed E-state index contributed by atoms with van der Waals surface area (Å²) in [5, 5.41) is 9.64. The molecule has 1 heterocycles. The molecule has 21 heavy (non-hydrogen) atoms. The highest BCUT2D eigenvalue weighted by atomic mass is 16.5. The first-order valence-electron chi connectivity index (χ1n) is 8.44. The Morgan fingerprint density at radius 2 is 1.67 bits per heavy atom. The Kier molecular flexibility index (Phi) is 7.38. The third-order valence-electron chi connectivity index (χ3n) is 4.71. The number of piperidine rings is 1. The van der Waals surface area contributed by atoms with Gasteiger partial charge < -0.3 is 9.84 Å². The largest absolute Gasteiger partial charge is 0.381 e. The molecule has 1 rings (SSSR count). The van der Waals surface area contributed by atoms with Crippen LogP contribution in [0.25, 0.3) is 0 Å². The Bertz CT molecular complexity index is 294. The SMILES string of the molecule is C=CCCCCCCOC1CC(C)(C)N(CO)C(C)(C)C1. The lowest BCUT2D eigenvalue weighted by Gasteiger charge is -2.54. The lowest BCUT2D eigenvalue weighted by molar-refractivity contribution is -0.133. The molecule has 1 aliphatic rings. The minimum atomic E-state index is -0.00880. The summed E-state index contributed by atoms with van der Waals surface area (Å²) in [5.74, 6) is 0. The number of hydrogen-bond acceptors (Lipinski definition) is 3. The molecular weight excluding hydrogens is 262 g/mol. The lowest BCUT2D eigenvalue weighted by atomic mass is 9.78. The van der Waals surface area contributed by atoms with Gasteiger partial charge in [-0.3, -0.25) is 4.90 Å². The standard InChI is InChI=1S/C18H35NO2/c1-6-7-8-9-10-11-12-21-16-13-17(2,3)19(15-20)18(4,5)14-16/h6,16,20H,1,7-15H2,2-5H3. The van der Waals surface area contributed by atoms with Crippen LogP contribution in [0.5, 0.6) is 0 Å². The smallest absolute Gasteiger partial charge is 0.0965 e. The van der Waals surface area contributed by atoms with Crippen LogP contribution in [0.4, 0.5) is 0 Å². The monoisotopic (exact) mass is 297 g/mol. The lowest BCUT2D eigenvalue weighted by Crippen LogP contribution is -2.62. The van der Waals surface area contributed by atoms with Gasteiger partial charge >= 0.3 is 0 Å². The molecule has 0 aromatic rings. The van der Waals surface area contributed by atoms with Crippen molar-refractivity contribution in [3.8, 4) is 0 Å². The van der Waals surface area contributed by atoms with E-state index in [-0.39, 0.29) is 17.8 Å². The van der Waals surface area contributed by atoms with Crippen molar-refractivity contribution in [2.75, 3.05) is 13.3 Å². The fraction of sp³-hybridized carbons (Fsp3) is 0.889. The van der Waals surface area contributed by atoms with Crippen molar-refractivity contribution in [3.63, 3.8) is 0 Å². The quantitative estimate of drug-likeness (QED) is 0.513. The molecule has 0 bridgehead atoms. The number of aliphatic hydroxyl groups excluding tert-OH is 1. The summed E-state index contributed by atoms with van der Waals surface area (Å²) in [7, 11) is 0. The van der Waals surface area contributed by atoms with E-state index in [0.29, 0.717) is 6.10 Å². The summed E-state index contributed by atoms with van der Waals surface area (Å²) >= 11 is 0. The molecular formula is C18H35NO2. The summed E-state index contributed by atoms with van der Waals surface area (Å²) in [5.41, 5.74) is -0.0176. The van der Waals surface area contributed by atoms with E-state index < -0.39 is 0 Å². The average Bonchev–Trinajstić information content (AvgIpc) is 2.35. The van der Waals surface area contributed by atoms with Crippen LogP contribution in [0.15, 0.2) is 12.7 Å². The Morgan fingerprint density at radius 3 is 2.19 bits per heavy atom. The Morgan fingerprint density at radius 1 is 1.10 bits per heavy atom. The Labute approximate surface area is 131 Å². The van der Waals surface area contributed by atoms with Crippen molar-refractivity contribution in [1.82, 2.24) is 4.90 Å². The second kappa shape index (κ2) is 8.30. The molecule has 124 valence electrons. The highest BCUT2D eigenvalue weighted by Gasteiger charge is 2.45. The maximum atomic E-state index is 9.64. The first kappa shape index (κ1) is 18.7. The number of hydrogen-bond donors (Lipinski definition) is 1. The zero-order valence-corrected chi connectivity index (χ0v) is 14.5. The first-order chi connectivity index (χ1) is 9.83. The molecule has 1 fully saturated rings. The number of allylic oxidation sites excluding steroid dienone is 1. The summed E-state index contributed by atoms with van der Waals surface area (Å²) in [4.78, 5) is 2.19. The molecule has 1 saturated heterocycles. The molecule has 1 N–H and O–H groups in total. The van der Waals surface area contributed by atoms with Gasteiger partial charge in [0.2, 0.25) is 0 Å². The maximum absolute atomic E-state index is 9.64. The molecule has 3 heteroatoms.